The number of carboxylic acid groups (broad SMARTS) is 1. The molecule has 19 heavy (non-hydrogen) atoms. The second kappa shape index (κ2) is 8.72. The van der Waals surface area contributed by atoms with Crippen LogP contribution in [-0.4, -0.2) is 30.9 Å². The van der Waals surface area contributed by atoms with E-state index in [-0.39, 0.29) is 0 Å². The predicted octanol–water partition coefficient (Wildman–Crippen LogP) is 3.35. The zero-order valence-corrected chi connectivity index (χ0v) is 12.4. The Morgan fingerprint density at radius 2 is 2.21 bits per heavy atom. The standard InChI is InChI=1S/C14H17BrO4/c1-2-18-9-4-10-19-14-11(7-8-13(16)17)5-3-6-12(14)15/h3,5-8H,2,4,9-10H2,1H3,(H,16,17). The lowest BCUT2D eigenvalue weighted by Crippen LogP contribution is -2.04. The van der Waals surface area contributed by atoms with E-state index in [2.05, 4.69) is 15.9 Å². The largest absolute Gasteiger partial charge is 0.492 e. The van der Waals surface area contributed by atoms with E-state index in [1.165, 1.54) is 6.08 Å². The quantitative estimate of drug-likeness (QED) is 0.587. The summed E-state index contributed by atoms with van der Waals surface area (Å²) in [6, 6.07) is 5.50. The highest BCUT2D eigenvalue weighted by molar-refractivity contribution is 9.10. The molecule has 0 unspecified atom stereocenters. The molecule has 5 heteroatoms. The number of carboxylic acids is 1. The first kappa shape index (κ1) is 15.7. The van der Waals surface area contributed by atoms with Crippen molar-refractivity contribution in [2.24, 2.45) is 0 Å². The number of aliphatic carboxylic acids is 1. The van der Waals surface area contributed by atoms with Crippen molar-refractivity contribution in [3.8, 4) is 5.75 Å². The molecule has 0 saturated heterocycles. The maximum atomic E-state index is 10.5. The number of hydrogen-bond acceptors (Lipinski definition) is 3. The fourth-order valence-electron chi connectivity index (χ4n) is 1.45. The lowest BCUT2D eigenvalue weighted by atomic mass is 10.2. The molecule has 0 aromatic heterocycles. The van der Waals surface area contributed by atoms with Crippen molar-refractivity contribution in [2.45, 2.75) is 13.3 Å². The van der Waals surface area contributed by atoms with Crippen molar-refractivity contribution in [3.63, 3.8) is 0 Å². The average molecular weight is 329 g/mol. The van der Waals surface area contributed by atoms with Crippen LogP contribution in [0.25, 0.3) is 6.08 Å². The molecule has 0 radical (unpaired) electrons. The van der Waals surface area contributed by atoms with Gasteiger partial charge in [0.1, 0.15) is 5.75 Å². The molecule has 0 bridgehead atoms. The van der Waals surface area contributed by atoms with Crippen LogP contribution in [0.3, 0.4) is 0 Å². The van der Waals surface area contributed by atoms with E-state index < -0.39 is 5.97 Å². The lowest BCUT2D eigenvalue weighted by Gasteiger charge is -2.11. The van der Waals surface area contributed by atoms with Crippen LogP contribution in [-0.2, 0) is 9.53 Å². The molecule has 1 aromatic carbocycles. The van der Waals surface area contributed by atoms with Gasteiger partial charge in [0.15, 0.2) is 0 Å². The molecule has 0 amide bonds. The van der Waals surface area contributed by atoms with Crippen LogP contribution >= 0.6 is 15.9 Å². The van der Waals surface area contributed by atoms with Crippen molar-refractivity contribution < 1.29 is 19.4 Å². The van der Waals surface area contributed by atoms with Crippen molar-refractivity contribution >= 4 is 28.0 Å². The molecule has 0 fully saturated rings. The van der Waals surface area contributed by atoms with Gasteiger partial charge in [0.2, 0.25) is 0 Å². The maximum absolute atomic E-state index is 10.5. The Hall–Kier alpha value is -1.33. The Kier molecular flexibility index (Phi) is 7.22. The molecule has 0 spiro atoms. The predicted molar refractivity (Wildman–Crippen MR) is 77.4 cm³/mol. The Morgan fingerprint density at radius 3 is 2.89 bits per heavy atom. The van der Waals surface area contributed by atoms with Gasteiger partial charge in [-0.15, -0.1) is 0 Å². The van der Waals surface area contributed by atoms with Gasteiger partial charge in [0.05, 0.1) is 11.1 Å². The molecular weight excluding hydrogens is 312 g/mol. The van der Waals surface area contributed by atoms with Crippen LogP contribution in [0, 0.1) is 0 Å². The Bertz CT molecular complexity index is 443. The van der Waals surface area contributed by atoms with Gasteiger partial charge in [-0.1, -0.05) is 12.1 Å². The first-order chi connectivity index (χ1) is 9.15. The van der Waals surface area contributed by atoms with Crippen LogP contribution in [0.1, 0.15) is 18.9 Å². The summed E-state index contributed by atoms with van der Waals surface area (Å²) in [5.41, 5.74) is 0.730. The smallest absolute Gasteiger partial charge is 0.328 e. The lowest BCUT2D eigenvalue weighted by molar-refractivity contribution is -0.131. The van der Waals surface area contributed by atoms with E-state index in [9.17, 15) is 4.79 Å². The normalized spacial score (nSPS) is 10.8. The molecule has 0 atom stereocenters. The molecule has 4 nitrogen and oxygen atoms in total. The second-order valence-electron chi connectivity index (χ2n) is 3.73. The summed E-state index contributed by atoms with van der Waals surface area (Å²) < 4.78 is 11.7. The van der Waals surface area contributed by atoms with Crippen molar-refractivity contribution in [1.29, 1.82) is 0 Å². The van der Waals surface area contributed by atoms with Gasteiger partial charge in [0.25, 0.3) is 0 Å². The van der Waals surface area contributed by atoms with Crippen LogP contribution in [0.4, 0.5) is 0 Å². The minimum absolute atomic E-state index is 0.524. The molecule has 0 aliphatic rings. The van der Waals surface area contributed by atoms with Crippen molar-refractivity contribution in [3.05, 3.63) is 34.3 Å². The molecule has 1 aromatic rings. The van der Waals surface area contributed by atoms with Crippen molar-refractivity contribution in [2.75, 3.05) is 19.8 Å². The molecular formula is C14H17BrO4. The molecule has 0 saturated carbocycles. The number of benzene rings is 1. The number of rotatable bonds is 8. The van der Waals surface area contributed by atoms with Gasteiger partial charge in [-0.2, -0.15) is 0 Å². The van der Waals surface area contributed by atoms with E-state index in [1.54, 1.807) is 0 Å². The topological polar surface area (TPSA) is 55.8 Å². The third-order valence-electron chi connectivity index (χ3n) is 2.29. The monoisotopic (exact) mass is 328 g/mol. The zero-order chi connectivity index (χ0) is 14.1. The summed E-state index contributed by atoms with van der Waals surface area (Å²) in [6.45, 7) is 3.82. The highest BCUT2D eigenvalue weighted by Gasteiger charge is 2.06. The highest BCUT2D eigenvalue weighted by Crippen LogP contribution is 2.30. The number of para-hydroxylation sites is 1. The maximum Gasteiger partial charge on any atom is 0.328 e. The number of carbonyl (C=O) groups is 1. The van der Waals surface area contributed by atoms with Gasteiger partial charge in [-0.25, -0.2) is 4.79 Å². The number of hydrogen-bond donors (Lipinski definition) is 1. The van der Waals surface area contributed by atoms with E-state index in [1.807, 2.05) is 25.1 Å². The van der Waals surface area contributed by atoms with Gasteiger partial charge in [0, 0.05) is 31.3 Å². The summed E-state index contributed by atoms with van der Waals surface area (Å²) in [5, 5.41) is 8.65. The van der Waals surface area contributed by atoms with Gasteiger partial charge < -0.3 is 14.6 Å². The molecule has 0 heterocycles. The fraction of sp³-hybridized carbons (Fsp3) is 0.357. The van der Waals surface area contributed by atoms with Gasteiger partial charge in [-0.05, 0) is 35.0 Å². The van der Waals surface area contributed by atoms with Gasteiger partial charge >= 0.3 is 5.97 Å². The van der Waals surface area contributed by atoms with Crippen LogP contribution < -0.4 is 4.74 Å². The summed E-state index contributed by atoms with van der Waals surface area (Å²) >= 11 is 3.40. The average Bonchev–Trinajstić information content (AvgIpc) is 2.38. The molecule has 0 aliphatic heterocycles. The second-order valence-corrected chi connectivity index (χ2v) is 4.58. The number of halogens is 1. The summed E-state index contributed by atoms with van der Waals surface area (Å²) in [6.07, 6.45) is 3.40. The van der Waals surface area contributed by atoms with Crippen LogP contribution in [0.2, 0.25) is 0 Å². The molecule has 1 N–H and O–H groups in total. The Labute approximate surface area is 121 Å². The highest BCUT2D eigenvalue weighted by atomic mass is 79.9. The summed E-state index contributed by atoms with van der Waals surface area (Å²) in [7, 11) is 0. The Morgan fingerprint density at radius 1 is 1.42 bits per heavy atom. The third-order valence-corrected chi connectivity index (χ3v) is 2.91. The van der Waals surface area contributed by atoms with Crippen LogP contribution in [0.5, 0.6) is 5.75 Å². The van der Waals surface area contributed by atoms with E-state index in [0.29, 0.717) is 25.6 Å². The summed E-state index contributed by atoms with van der Waals surface area (Å²) in [4.78, 5) is 10.5. The Balaban J connectivity index is 2.66. The first-order valence-electron chi connectivity index (χ1n) is 6.05. The van der Waals surface area contributed by atoms with Crippen molar-refractivity contribution in [1.82, 2.24) is 0 Å². The van der Waals surface area contributed by atoms with E-state index in [4.69, 9.17) is 14.6 Å². The zero-order valence-electron chi connectivity index (χ0n) is 10.8. The fourth-order valence-corrected chi connectivity index (χ4v) is 1.95. The minimum Gasteiger partial charge on any atom is -0.492 e. The third kappa shape index (κ3) is 5.89. The van der Waals surface area contributed by atoms with E-state index >= 15 is 0 Å². The number of ether oxygens (including phenoxy) is 2. The molecule has 104 valence electrons. The molecule has 1 rings (SSSR count). The van der Waals surface area contributed by atoms with Gasteiger partial charge in [-0.3, -0.25) is 0 Å². The van der Waals surface area contributed by atoms with Crippen LogP contribution in [0.15, 0.2) is 28.7 Å². The first-order valence-corrected chi connectivity index (χ1v) is 6.84. The minimum atomic E-state index is -0.984. The van der Waals surface area contributed by atoms with E-state index in [0.717, 1.165) is 22.5 Å². The summed E-state index contributed by atoms with van der Waals surface area (Å²) in [5.74, 6) is -0.334. The molecule has 0 aliphatic carbocycles. The SMILES string of the molecule is CCOCCCOc1c(Br)cccc1C=CC(=O)O.